The van der Waals surface area contributed by atoms with Crippen molar-refractivity contribution in [2.24, 2.45) is 0 Å². The Hall–Kier alpha value is -2.87. The fraction of sp³-hybridized carbons (Fsp3) is 0.364. The number of rotatable bonds is 5. The zero-order valence-electron chi connectivity index (χ0n) is 17.9. The molecule has 1 aliphatic rings. The average molecular weight is 432 g/mol. The fourth-order valence-electron chi connectivity index (χ4n) is 3.79. The lowest BCUT2D eigenvalue weighted by Gasteiger charge is -2.16. The van der Waals surface area contributed by atoms with Crippen LogP contribution in [0, 0.1) is 20.8 Å². The molecule has 7 nitrogen and oxygen atoms in total. The fourth-order valence-corrected chi connectivity index (χ4v) is 5.25. The van der Waals surface area contributed by atoms with E-state index in [2.05, 4.69) is 0 Å². The molecule has 160 valence electrons. The minimum absolute atomic E-state index is 0.101. The molecule has 0 fully saturated rings. The molecule has 2 aromatic carbocycles. The molecule has 0 atom stereocenters. The molecule has 0 N–H and O–H groups in total. The molecule has 0 saturated carbocycles. The monoisotopic (exact) mass is 431 g/mol. The second-order valence-corrected chi connectivity index (χ2v) is 9.57. The van der Waals surface area contributed by atoms with Gasteiger partial charge in [0.25, 0.3) is 15.9 Å². The zero-order valence-corrected chi connectivity index (χ0v) is 18.7. The van der Waals surface area contributed by atoms with E-state index in [0.717, 1.165) is 16.7 Å². The van der Waals surface area contributed by atoms with Crippen molar-refractivity contribution in [3.8, 4) is 5.75 Å². The number of hydrogen-bond acceptors (Lipinski definition) is 6. The van der Waals surface area contributed by atoms with Gasteiger partial charge >= 0.3 is 5.97 Å². The standard InChI is InChI=1S/C22H25NO6S/c1-12(2)17-9-16(28-6)10-18-20(17)21(24)23(30(18,26)27)11-29-22(25)19-14(4)7-13(3)8-15(19)5/h7-10,12H,11H2,1-6H3. The minimum Gasteiger partial charge on any atom is -0.497 e. The van der Waals surface area contributed by atoms with Crippen molar-refractivity contribution < 1.29 is 27.5 Å². The Morgan fingerprint density at radius 3 is 2.20 bits per heavy atom. The van der Waals surface area contributed by atoms with Crippen molar-refractivity contribution in [1.29, 1.82) is 0 Å². The summed E-state index contributed by atoms with van der Waals surface area (Å²) in [5, 5.41) is 0. The van der Waals surface area contributed by atoms with E-state index in [1.165, 1.54) is 13.2 Å². The molecule has 8 heteroatoms. The molecule has 0 spiro atoms. The molecule has 0 bridgehead atoms. The van der Waals surface area contributed by atoms with Gasteiger partial charge in [0.2, 0.25) is 0 Å². The van der Waals surface area contributed by atoms with Gasteiger partial charge in [0.15, 0.2) is 6.73 Å². The first-order valence-corrected chi connectivity index (χ1v) is 11.0. The van der Waals surface area contributed by atoms with Crippen molar-refractivity contribution in [3.05, 3.63) is 57.6 Å². The number of hydrogen-bond donors (Lipinski definition) is 0. The van der Waals surface area contributed by atoms with Gasteiger partial charge in [-0.1, -0.05) is 31.5 Å². The van der Waals surface area contributed by atoms with Crippen LogP contribution in [0.3, 0.4) is 0 Å². The summed E-state index contributed by atoms with van der Waals surface area (Å²) in [5.74, 6) is -1.14. The molecular formula is C22H25NO6S. The second-order valence-electron chi connectivity index (χ2n) is 7.74. The third kappa shape index (κ3) is 3.56. The third-order valence-corrected chi connectivity index (χ3v) is 6.90. The summed E-state index contributed by atoms with van der Waals surface area (Å²) in [6, 6.07) is 6.67. The van der Waals surface area contributed by atoms with E-state index in [4.69, 9.17) is 9.47 Å². The van der Waals surface area contributed by atoms with Crippen LogP contribution in [0.1, 0.15) is 62.7 Å². The number of esters is 1. The highest BCUT2D eigenvalue weighted by Gasteiger charge is 2.44. The highest BCUT2D eigenvalue weighted by atomic mass is 32.2. The molecule has 0 radical (unpaired) electrons. The van der Waals surface area contributed by atoms with E-state index in [1.807, 2.05) is 32.9 Å². The van der Waals surface area contributed by atoms with Crippen LogP contribution >= 0.6 is 0 Å². The molecule has 1 aliphatic heterocycles. The predicted octanol–water partition coefficient (Wildman–Crippen LogP) is 3.70. The summed E-state index contributed by atoms with van der Waals surface area (Å²) in [6.07, 6.45) is 0. The highest BCUT2D eigenvalue weighted by Crippen LogP contribution is 2.38. The van der Waals surface area contributed by atoms with Crippen LogP contribution in [0.4, 0.5) is 0 Å². The highest BCUT2D eigenvalue weighted by molar-refractivity contribution is 7.90. The first-order valence-electron chi connectivity index (χ1n) is 9.53. The summed E-state index contributed by atoms with van der Waals surface area (Å²) in [6.45, 7) is 8.52. The molecule has 0 aliphatic carbocycles. The molecule has 30 heavy (non-hydrogen) atoms. The van der Waals surface area contributed by atoms with Gasteiger partial charge in [-0.05, 0) is 49.4 Å². The smallest absolute Gasteiger partial charge is 0.340 e. The number of amides is 1. The van der Waals surface area contributed by atoms with Crippen LogP contribution in [0.5, 0.6) is 5.75 Å². The summed E-state index contributed by atoms with van der Waals surface area (Å²) in [5.41, 5.74) is 3.49. The average Bonchev–Trinajstić information content (AvgIpc) is 2.84. The van der Waals surface area contributed by atoms with E-state index < -0.39 is 28.6 Å². The van der Waals surface area contributed by atoms with Gasteiger partial charge in [0, 0.05) is 6.07 Å². The molecule has 1 amide bonds. The summed E-state index contributed by atoms with van der Waals surface area (Å²) in [4.78, 5) is 25.5. The van der Waals surface area contributed by atoms with Crippen LogP contribution in [0.25, 0.3) is 0 Å². The van der Waals surface area contributed by atoms with E-state index in [-0.39, 0.29) is 16.4 Å². The molecular weight excluding hydrogens is 406 g/mol. The van der Waals surface area contributed by atoms with Crippen molar-refractivity contribution in [3.63, 3.8) is 0 Å². The second kappa shape index (κ2) is 7.75. The maximum absolute atomic E-state index is 13.0. The van der Waals surface area contributed by atoms with Crippen LogP contribution in [0.2, 0.25) is 0 Å². The van der Waals surface area contributed by atoms with E-state index in [9.17, 15) is 18.0 Å². The van der Waals surface area contributed by atoms with Gasteiger partial charge in [0.05, 0.1) is 18.2 Å². The third-order valence-electron chi connectivity index (χ3n) is 5.17. The quantitative estimate of drug-likeness (QED) is 0.671. The van der Waals surface area contributed by atoms with Gasteiger partial charge in [-0.2, -0.15) is 4.31 Å². The number of nitrogens with zero attached hydrogens (tertiary/aromatic N) is 1. The Kier molecular flexibility index (Phi) is 5.64. The maximum atomic E-state index is 13.0. The number of aryl methyl sites for hydroxylation is 3. The number of sulfonamides is 1. The number of ether oxygens (including phenoxy) is 2. The van der Waals surface area contributed by atoms with Crippen LogP contribution in [-0.2, 0) is 14.8 Å². The Bertz CT molecular complexity index is 1130. The van der Waals surface area contributed by atoms with Crippen molar-refractivity contribution in [2.75, 3.05) is 13.8 Å². The number of fused-ring (bicyclic) bond motifs is 1. The number of carbonyl (C=O) groups is 2. The Balaban J connectivity index is 1.94. The zero-order chi connectivity index (χ0) is 22.4. The number of carbonyl (C=O) groups excluding carboxylic acids is 2. The van der Waals surface area contributed by atoms with Crippen LogP contribution in [0.15, 0.2) is 29.2 Å². The van der Waals surface area contributed by atoms with Gasteiger partial charge in [-0.3, -0.25) is 4.79 Å². The summed E-state index contributed by atoms with van der Waals surface area (Å²) < 4.78 is 37.1. The normalized spacial score (nSPS) is 14.8. The van der Waals surface area contributed by atoms with E-state index >= 15 is 0 Å². The van der Waals surface area contributed by atoms with Gasteiger partial charge in [-0.15, -0.1) is 0 Å². The Morgan fingerprint density at radius 1 is 1.07 bits per heavy atom. The first-order chi connectivity index (χ1) is 14.0. The van der Waals surface area contributed by atoms with Crippen molar-refractivity contribution >= 4 is 21.9 Å². The van der Waals surface area contributed by atoms with Crippen molar-refractivity contribution in [1.82, 2.24) is 4.31 Å². The van der Waals surface area contributed by atoms with Gasteiger partial charge < -0.3 is 9.47 Å². The van der Waals surface area contributed by atoms with E-state index in [0.29, 0.717) is 21.2 Å². The lowest BCUT2D eigenvalue weighted by Crippen LogP contribution is -2.33. The Morgan fingerprint density at radius 2 is 1.67 bits per heavy atom. The van der Waals surface area contributed by atoms with Crippen molar-refractivity contribution in [2.45, 2.75) is 45.4 Å². The lowest BCUT2D eigenvalue weighted by atomic mass is 9.96. The SMILES string of the molecule is COc1cc(C(C)C)c2c(c1)S(=O)(=O)N(COC(=O)c1c(C)cc(C)cc1C)C2=O. The topological polar surface area (TPSA) is 90.0 Å². The lowest BCUT2D eigenvalue weighted by molar-refractivity contribution is 0.0356. The number of benzene rings is 2. The van der Waals surface area contributed by atoms with Gasteiger partial charge in [0.1, 0.15) is 10.6 Å². The van der Waals surface area contributed by atoms with E-state index in [1.54, 1.807) is 19.9 Å². The minimum atomic E-state index is -4.16. The number of methoxy groups -OCH3 is 1. The Labute approximate surface area is 176 Å². The van der Waals surface area contributed by atoms with Crippen LogP contribution in [-0.4, -0.2) is 38.4 Å². The molecule has 0 saturated heterocycles. The molecule has 3 rings (SSSR count). The molecule has 0 aromatic heterocycles. The molecule has 0 unspecified atom stereocenters. The maximum Gasteiger partial charge on any atom is 0.340 e. The summed E-state index contributed by atoms with van der Waals surface area (Å²) in [7, 11) is -2.73. The summed E-state index contributed by atoms with van der Waals surface area (Å²) >= 11 is 0. The predicted molar refractivity (Wildman–Crippen MR) is 111 cm³/mol. The first kappa shape index (κ1) is 21.8. The van der Waals surface area contributed by atoms with Gasteiger partial charge in [-0.25, -0.2) is 13.2 Å². The molecule has 2 aromatic rings. The van der Waals surface area contributed by atoms with Crippen LogP contribution < -0.4 is 4.74 Å². The molecule has 1 heterocycles. The largest absolute Gasteiger partial charge is 0.497 e.